The zero-order chi connectivity index (χ0) is 16.1. The van der Waals surface area contributed by atoms with Gasteiger partial charge < -0.3 is 9.64 Å². The summed E-state index contributed by atoms with van der Waals surface area (Å²) in [6.07, 6.45) is 4.17. The highest BCUT2D eigenvalue weighted by Crippen LogP contribution is 2.27. The van der Waals surface area contributed by atoms with Crippen LogP contribution in [0.1, 0.15) is 37.3 Å². The van der Waals surface area contributed by atoms with Crippen molar-refractivity contribution in [2.75, 3.05) is 32.0 Å². The maximum atomic E-state index is 12.5. The first kappa shape index (κ1) is 16.9. The van der Waals surface area contributed by atoms with Crippen molar-refractivity contribution in [3.05, 3.63) is 35.9 Å². The minimum Gasteiger partial charge on any atom is -0.376 e. The summed E-state index contributed by atoms with van der Waals surface area (Å²) in [6.45, 7) is 3.36. The lowest BCUT2D eigenvalue weighted by atomic mass is 10.0. The van der Waals surface area contributed by atoms with Gasteiger partial charge in [0.25, 0.3) is 0 Å². The molecule has 2 atom stereocenters. The molecule has 0 radical (unpaired) electrons. The molecule has 0 bridgehead atoms. The minimum absolute atomic E-state index is 0.0704. The summed E-state index contributed by atoms with van der Waals surface area (Å²) < 4.78 is 33.7. The molecule has 6 heteroatoms. The third-order valence-corrected chi connectivity index (χ3v) is 6.01. The molecule has 1 N–H and O–H groups in total. The smallest absolute Gasteiger partial charge is 0.213 e. The van der Waals surface area contributed by atoms with Crippen LogP contribution in [0, 0.1) is 0 Å². The Morgan fingerprint density at radius 1 is 1.17 bits per heavy atom. The van der Waals surface area contributed by atoms with E-state index in [1.807, 2.05) is 30.3 Å². The van der Waals surface area contributed by atoms with Crippen LogP contribution in [0.15, 0.2) is 30.3 Å². The van der Waals surface area contributed by atoms with E-state index < -0.39 is 10.0 Å². The molecule has 5 nitrogen and oxygen atoms in total. The molecule has 2 heterocycles. The maximum Gasteiger partial charge on any atom is 0.213 e. The lowest BCUT2D eigenvalue weighted by Crippen LogP contribution is -2.39. The van der Waals surface area contributed by atoms with Gasteiger partial charge in [-0.2, -0.15) is 0 Å². The van der Waals surface area contributed by atoms with Crippen molar-refractivity contribution < 1.29 is 13.2 Å². The number of hydrogen-bond acceptors (Lipinski definition) is 4. The van der Waals surface area contributed by atoms with Crippen molar-refractivity contribution >= 4 is 10.0 Å². The number of rotatable bonds is 7. The Labute approximate surface area is 139 Å². The number of nitrogens with zero attached hydrogens (tertiary/aromatic N) is 1. The first-order valence-electron chi connectivity index (χ1n) is 8.53. The van der Waals surface area contributed by atoms with E-state index in [4.69, 9.17) is 4.74 Å². The summed E-state index contributed by atoms with van der Waals surface area (Å²) in [6, 6.07) is 9.47. The summed E-state index contributed by atoms with van der Waals surface area (Å²) >= 11 is 0. The maximum absolute atomic E-state index is 12.5. The Kier molecular flexibility index (Phi) is 5.69. The van der Waals surface area contributed by atoms with E-state index in [1.165, 1.54) is 12.8 Å². The predicted molar refractivity (Wildman–Crippen MR) is 90.8 cm³/mol. The summed E-state index contributed by atoms with van der Waals surface area (Å²) in [4.78, 5) is 2.23. The number of ether oxygens (including phenoxy) is 1. The molecule has 2 aliphatic heterocycles. The fourth-order valence-corrected chi connectivity index (χ4v) is 4.68. The molecule has 2 fully saturated rings. The van der Waals surface area contributed by atoms with E-state index in [-0.39, 0.29) is 17.9 Å². The number of nitrogens with one attached hydrogen (secondary N) is 1. The monoisotopic (exact) mass is 338 g/mol. The first-order chi connectivity index (χ1) is 11.1. The molecule has 0 saturated carbocycles. The Morgan fingerprint density at radius 3 is 2.57 bits per heavy atom. The number of likely N-dealkylation sites (tertiary alicyclic amines) is 1. The van der Waals surface area contributed by atoms with Crippen LogP contribution in [0.2, 0.25) is 0 Å². The zero-order valence-electron chi connectivity index (χ0n) is 13.5. The van der Waals surface area contributed by atoms with Gasteiger partial charge >= 0.3 is 0 Å². The highest BCUT2D eigenvalue weighted by molar-refractivity contribution is 7.89. The van der Waals surface area contributed by atoms with Gasteiger partial charge in [0, 0.05) is 13.2 Å². The Hall–Kier alpha value is -0.950. The van der Waals surface area contributed by atoms with Crippen LogP contribution >= 0.6 is 0 Å². The van der Waals surface area contributed by atoms with Crippen LogP contribution < -0.4 is 4.72 Å². The van der Waals surface area contributed by atoms with Gasteiger partial charge in [-0.05, 0) is 44.3 Å². The number of sulfonamides is 1. The second kappa shape index (κ2) is 7.75. The van der Waals surface area contributed by atoms with Crippen LogP contribution in [0.3, 0.4) is 0 Å². The Balaban J connectivity index is 1.66. The van der Waals surface area contributed by atoms with Crippen LogP contribution in [0.25, 0.3) is 0 Å². The molecule has 0 spiro atoms. The number of hydrogen-bond donors (Lipinski definition) is 1. The largest absolute Gasteiger partial charge is 0.376 e. The van der Waals surface area contributed by atoms with E-state index >= 15 is 0 Å². The van der Waals surface area contributed by atoms with E-state index in [1.54, 1.807) is 0 Å². The van der Waals surface area contributed by atoms with E-state index in [0.717, 1.165) is 31.5 Å². The average molecular weight is 338 g/mol. The molecule has 1 aromatic carbocycles. The molecule has 128 valence electrons. The van der Waals surface area contributed by atoms with Gasteiger partial charge in [0.15, 0.2) is 0 Å². The van der Waals surface area contributed by atoms with Crippen molar-refractivity contribution in [1.29, 1.82) is 0 Å². The Bertz CT molecular complexity index is 579. The van der Waals surface area contributed by atoms with Gasteiger partial charge in [-0.3, -0.25) is 0 Å². The van der Waals surface area contributed by atoms with Crippen molar-refractivity contribution in [3.8, 4) is 0 Å². The van der Waals surface area contributed by atoms with Crippen LogP contribution in [-0.4, -0.2) is 51.4 Å². The van der Waals surface area contributed by atoms with E-state index in [9.17, 15) is 8.42 Å². The van der Waals surface area contributed by atoms with Crippen molar-refractivity contribution in [2.45, 2.75) is 37.8 Å². The number of benzene rings is 1. The fraction of sp³-hybridized carbons (Fsp3) is 0.647. The van der Waals surface area contributed by atoms with Gasteiger partial charge in [0.1, 0.15) is 0 Å². The molecule has 0 aromatic heterocycles. The second-order valence-electron chi connectivity index (χ2n) is 6.43. The predicted octanol–water partition coefficient (Wildman–Crippen LogP) is 1.92. The summed E-state index contributed by atoms with van der Waals surface area (Å²) in [5.74, 6) is 0.156. The van der Waals surface area contributed by atoms with Gasteiger partial charge in [-0.25, -0.2) is 13.1 Å². The molecule has 1 aromatic rings. The SMILES string of the molecule is O=S(=O)(CCN1CCCC1)N[C@H](c1ccccc1)[C@H]1CCCO1. The molecule has 2 saturated heterocycles. The van der Waals surface area contributed by atoms with Crippen molar-refractivity contribution in [1.82, 2.24) is 9.62 Å². The molecule has 23 heavy (non-hydrogen) atoms. The summed E-state index contributed by atoms with van der Waals surface area (Å²) in [5.41, 5.74) is 0.976. The highest BCUT2D eigenvalue weighted by atomic mass is 32.2. The van der Waals surface area contributed by atoms with Crippen LogP contribution in [-0.2, 0) is 14.8 Å². The zero-order valence-corrected chi connectivity index (χ0v) is 14.3. The average Bonchev–Trinajstić information content (AvgIpc) is 3.25. The quantitative estimate of drug-likeness (QED) is 0.825. The highest BCUT2D eigenvalue weighted by Gasteiger charge is 2.31. The van der Waals surface area contributed by atoms with Gasteiger partial charge in [-0.15, -0.1) is 0 Å². The first-order valence-corrected chi connectivity index (χ1v) is 10.2. The molecule has 0 aliphatic carbocycles. The van der Waals surface area contributed by atoms with E-state index in [2.05, 4.69) is 9.62 Å². The molecule has 2 aliphatic rings. The fourth-order valence-electron chi connectivity index (χ4n) is 3.39. The second-order valence-corrected chi connectivity index (χ2v) is 8.30. The summed E-state index contributed by atoms with van der Waals surface area (Å²) in [7, 11) is -3.33. The lowest BCUT2D eigenvalue weighted by molar-refractivity contribution is 0.0852. The Morgan fingerprint density at radius 2 is 1.91 bits per heavy atom. The molecule has 3 rings (SSSR count). The van der Waals surface area contributed by atoms with Crippen LogP contribution in [0.4, 0.5) is 0 Å². The van der Waals surface area contributed by atoms with E-state index in [0.29, 0.717) is 13.2 Å². The lowest BCUT2D eigenvalue weighted by Gasteiger charge is -2.25. The van der Waals surface area contributed by atoms with Gasteiger partial charge in [0.05, 0.1) is 17.9 Å². The molecule has 0 unspecified atom stereocenters. The third kappa shape index (κ3) is 4.76. The molecule has 0 amide bonds. The molecular formula is C17H26N2O3S. The van der Waals surface area contributed by atoms with Gasteiger partial charge in [-0.1, -0.05) is 30.3 Å². The minimum atomic E-state index is -3.33. The van der Waals surface area contributed by atoms with Crippen LogP contribution in [0.5, 0.6) is 0 Å². The van der Waals surface area contributed by atoms with Crippen molar-refractivity contribution in [3.63, 3.8) is 0 Å². The normalized spacial score (nSPS) is 24.1. The third-order valence-electron chi connectivity index (χ3n) is 4.68. The van der Waals surface area contributed by atoms with Gasteiger partial charge in [0.2, 0.25) is 10.0 Å². The van der Waals surface area contributed by atoms with Crippen molar-refractivity contribution in [2.24, 2.45) is 0 Å². The molecular weight excluding hydrogens is 312 g/mol. The standard InChI is InChI=1S/C17H26N2O3S/c20-23(21,14-12-19-10-4-5-11-19)18-17(16-9-6-13-22-16)15-7-2-1-3-8-15/h1-3,7-8,16-18H,4-6,9-14H2/t16-,17-/m1/s1. The topological polar surface area (TPSA) is 58.6 Å². The summed E-state index contributed by atoms with van der Waals surface area (Å²) in [5, 5.41) is 0.